The van der Waals surface area contributed by atoms with Gasteiger partial charge in [-0.25, -0.2) is 4.98 Å². The van der Waals surface area contributed by atoms with Gasteiger partial charge < -0.3 is 4.98 Å². The number of fused-ring (bicyclic) bond motifs is 1. The summed E-state index contributed by atoms with van der Waals surface area (Å²) in [6.45, 7) is 8.07. The fourth-order valence-electron chi connectivity index (χ4n) is 3.74. The summed E-state index contributed by atoms with van der Waals surface area (Å²) in [7, 11) is 0. The van der Waals surface area contributed by atoms with E-state index in [4.69, 9.17) is 4.98 Å². The number of aromatic nitrogens is 6. The highest BCUT2D eigenvalue weighted by atomic mass is 32.2. The number of nitrogens with zero attached hydrogens (tertiary/aromatic N) is 5. The molecule has 1 unspecified atom stereocenters. The van der Waals surface area contributed by atoms with Crippen LogP contribution < -0.4 is 5.56 Å². The molecule has 4 aromatic heterocycles. The first-order chi connectivity index (χ1) is 15.9. The highest BCUT2D eigenvalue weighted by molar-refractivity contribution is 7.99. The van der Waals surface area contributed by atoms with Crippen LogP contribution in [0.2, 0.25) is 0 Å². The molecule has 5 aromatic rings. The van der Waals surface area contributed by atoms with Crippen molar-refractivity contribution in [1.29, 1.82) is 0 Å². The smallest absolute Gasteiger partial charge is 0.259 e. The minimum absolute atomic E-state index is 0.0952. The average Bonchev–Trinajstić information content (AvgIpc) is 3.35. The first-order valence-corrected chi connectivity index (χ1v) is 12.2. The minimum atomic E-state index is -0.137. The third-order valence-electron chi connectivity index (χ3n) is 5.65. The molecule has 0 radical (unpaired) electrons. The Bertz CT molecular complexity index is 1520. The van der Waals surface area contributed by atoms with Gasteiger partial charge in [-0.1, -0.05) is 30.0 Å². The van der Waals surface area contributed by atoms with E-state index in [1.807, 2.05) is 45.0 Å². The highest BCUT2D eigenvalue weighted by Crippen LogP contribution is 2.37. The van der Waals surface area contributed by atoms with E-state index in [1.54, 1.807) is 23.7 Å². The molecule has 5 rings (SSSR count). The Labute approximate surface area is 199 Å². The van der Waals surface area contributed by atoms with Gasteiger partial charge in [-0.2, -0.15) is 0 Å². The van der Waals surface area contributed by atoms with Crippen LogP contribution in [0, 0.1) is 20.8 Å². The Kier molecular flexibility index (Phi) is 5.59. The minimum Gasteiger partial charge on any atom is -0.309 e. The molecule has 1 aromatic carbocycles. The summed E-state index contributed by atoms with van der Waals surface area (Å²) in [5.74, 6) is 1.37. The zero-order valence-electron chi connectivity index (χ0n) is 18.7. The second kappa shape index (κ2) is 8.57. The molecule has 1 N–H and O–H groups in total. The van der Waals surface area contributed by atoms with Gasteiger partial charge in [0.05, 0.1) is 16.3 Å². The van der Waals surface area contributed by atoms with Crippen molar-refractivity contribution in [2.75, 3.05) is 0 Å². The lowest BCUT2D eigenvalue weighted by Gasteiger charge is -2.15. The molecule has 33 heavy (non-hydrogen) atoms. The van der Waals surface area contributed by atoms with Crippen LogP contribution >= 0.6 is 23.1 Å². The molecule has 9 heteroatoms. The van der Waals surface area contributed by atoms with Gasteiger partial charge in [-0.05, 0) is 57.0 Å². The maximum absolute atomic E-state index is 12.8. The standard InChI is InChI=1S/C24H22N6OS2/c1-13-7-5-6-8-18(13)30-21(17-9-11-25-12-10-17)28-29-24(30)33-16(4)20-26-22(31)19-14(2)15(3)32-23(19)27-20/h5-12,16H,1-4H3,(H,26,27,31). The van der Waals surface area contributed by atoms with Crippen molar-refractivity contribution in [3.63, 3.8) is 0 Å². The van der Waals surface area contributed by atoms with Crippen LogP contribution in [0.4, 0.5) is 0 Å². The molecule has 0 aliphatic carbocycles. The lowest BCUT2D eigenvalue weighted by atomic mass is 10.2. The summed E-state index contributed by atoms with van der Waals surface area (Å²) in [6, 6.07) is 12.0. The molecule has 0 spiro atoms. The second-order valence-electron chi connectivity index (χ2n) is 7.84. The first kappa shape index (κ1) is 21.5. The molecule has 166 valence electrons. The summed E-state index contributed by atoms with van der Waals surface area (Å²) in [5.41, 5.74) is 3.95. The van der Waals surface area contributed by atoms with Crippen molar-refractivity contribution in [3.05, 3.63) is 81.0 Å². The number of thiophene rings is 1. The molecule has 0 bridgehead atoms. The van der Waals surface area contributed by atoms with Crippen molar-refractivity contribution in [2.45, 2.75) is 38.1 Å². The number of aryl methyl sites for hydroxylation is 3. The predicted molar refractivity (Wildman–Crippen MR) is 133 cm³/mol. The Morgan fingerprint density at radius 3 is 2.58 bits per heavy atom. The predicted octanol–water partition coefficient (Wildman–Crippen LogP) is 5.41. The van der Waals surface area contributed by atoms with Gasteiger partial charge in [-0.3, -0.25) is 14.3 Å². The van der Waals surface area contributed by atoms with Gasteiger partial charge in [0, 0.05) is 22.8 Å². The molecule has 0 aliphatic rings. The van der Waals surface area contributed by atoms with Crippen molar-refractivity contribution < 1.29 is 0 Å². The molecule has 7 nitrogen and oxygen atoms in total. The molecule has 0 amide bonds. The van der Waals surface area contributed by atoms with E-state index in [2.05, 4.69) is 43.8 Å². The Balaban J connectivity index is 1.59. The Hall–Kier alpha value is -3.30. The van der Waals surface area contributed by atoms with Crippen LogP contribution in [0.1, 0.15) is 34.0 Å². The molecule has 4 heterocycles. The number of para-hydroxylation sites is 1. The number of hydrogen-bond donors (Lipinski definition) is 1. The lowest BCUT2D eigenvalue weighted by Crippen LogP contribution is -2.13. The number of benzene rings is 1. The molecule has 0 saturated heterocycles. The third kappa shape index (κ3) is 3.87. The summed E-state index contributed by atoms with van der Waals surface area (Å²) >= 11 is 3.07. The van der Waals surface area contributed by atoms with E-state index in [0.717, 1.165) is 43.1 Å². The summed E-state index contributed by atoms with van der Waals surface area (Å²) in [4.78, 5) is 26.5. The van der Waals surface area contributed by atoms with Gasteiger partial charge in [0.25, 0.3) is 5.56 Å². The largest absolute Gasteiger partial charge is 0.309 e. The monoisotopic (exact) mass is 474 g/mol. The van der Waals surface area contributed by atoms with Crippen LogP contribution in [0.15, 0.2) is 58.7 Å². The first-order valence-electron chi connectivity index (χ1n) is 10.5. The van der Waals surface area contributed by atoms with Crippen molar-refractivity contribution in [2.24, 2.45) is 0 Å². The van der Waals surface area contributed by atoms with Crippen molar-refractivity contribution in [3.8, 4) is 17.1 Å². The molecule has 1 atom stereocenters. The molecule has 0 aliphatic heterocycles. The SMILES string of the molecule is Cc1ccccc1-n1c(SC(C)c2nc3sc(C)c(C)c3c(=O)[nH]2)nnc1-c1ccncc1. The summed E-state index contributed by atoms with van der Waals surface area (Å²) < 4.78 is 2.06. The summed E-state index contributed by atoms with van der Waals surface area (Å²) in [5, 5.41) is 10.3. The zero-order chi connectivity index (χ0) is 23.1. The summed E-state index contributed by atoms with van der Waals surface area (Å²) in [6.07, 6.45) is 3.49. The zero-order valence-corrected chi connectivity index (χ0v) is 20.3. The van der Waals surface area contributed by atoms with Crippen LogP contribution in [-0.2, 0) is 0 Å². The molecular weight excluding hydrogens is 452 g/mol. The molecule has 0 fully saturated rings. The molecular formula is C24H22N6OS2. The number of aromatic amines is 1. The van der Waals surface area contributed by atoms with Gasteiger partial charge in [0.15, 0.2) is 11.0 Å². The van der Waals surface area contributed by atoms with Crippen LogP contribution in [0.3, 0.4) is 0 Å². The Morgan fingerprint density at radius 1 is 1.06 bits per heavy atom. The average molecular weight is 475 g/mol. The van der Waals surface area contributed by atoms with E-state index in [0.29, 0.717) is 11.2 Å². The van der Waals surface area contributed by atoms with E-state index in [1.165, 1.54) is 11.8 Å². The van der Waals surface area contributed by atoms with Crippen LogP contribution in [0.25, 0.3) is 27.3 Å². The number of pyridine rings is 1. The van der Waals surface area contributed by atoms with E-state index < -0.39 is 0 Å². The van der Waals surface area contributed by atoms with Gasteiger partial charge in [-0.15, -0.1) is 21.5 Å². The second-order valence-corrected chi connectivity index (χ2v) is 10.3. The number of H-pyrrole nitrogens is 1. The Morgan fingerprint density at radius 2 is 1.82 bits per heavy atom. The van der Waals surface area contributed by atoms with Crippen LogP contribution in [0.5, 0.6) is 0 Å². The maximum Gasteiger partial charge on any atom is 0.259 e. The quantitative estimate of drug-likeness (QED) is 0.343. The number of nitrogens with one attached hydrogen (secondary N) is 1. The van der Waals surface area contributed by atoms with E-state index in [-0.39, 0.29) is 10.8 Å². The van der Waals surface area contributed by atoms with Crippen molar-refractivity contribution >= 4 is 33.3 Å². The van der Waals surface area contributed by atoms with Gasteiger partial charge in [0.1, 0.15) is 10.7 Å². The van der Waals surface area contributed by atoms with Crippen LogP contribution in [-0.4, -0.2) is 29.7 Å². The van der Waals surface area contributed by atoms with Gasteiger partial charge in [0.2, 0.25) is 0 Å². The van der Waals surface area contributed by atoms with E-state index in [9.17, 15) is 4.79 Å². The van der Waals surface area contributed by atoms with Gasteiger partial charge >= 0.3 is 0 Å². The lowest BCUT2D eigenvalue weighted by molar-refractivity contribution is 0.859. The molecule has 0 saturated carbocycles. The third-order valence-corrected chi connectivity index (χ3v) is 7.81. The highest BCUT2D eigenvalue weighted by Gasteiger charge is 2.22. The normalized spacial score (nSPS) is 12.4. The fourth-order valence-corrected chi connectivity index (χ4v) is 5.70. The van der Waals surface area contributed by atoms with Crippen molar-refractivity contribution in [1.82, 2.24) is 29.7 Å². The number of thioether (sulfide) groups is 1. The maximum atomic E-state index is 12.8. The topological polar surface area (TPSA) is 89.4 Å². The number of rotatable bonds is 5. The fraction of sp³-hybridized carbons (Fsp3) is 0.208. The van der Waals surface area contributed by atoms with E-state index >= 15 is 0 Å². The number of hydrogen-bond acceptors (Lipinski definition) is 7.